The Bertz CT molecular complexity index is 1330. The molecular weight excluding hydrogens is 436 g/mol. The van der Waals surface area contributed by atoms with E-state index in [1.165, 1.54) is 0 Å². The molecule has 3 heterocycles. The van der Waals surface area contributed by atoms with Gasteiger partial charge >= 0.3 is 11.8 Å². The lowest BCUT2D eigenvalue weighted by atomic mass is 10.1. The maximum Gasteiger partial charge on any atom is 0.313 e. The predicted octanol–water partition coefficient (Wildman–Crippen LogP) is 2.71. The average molecular weight is 463 g/mol. The topological polar surface area (TPSA) is 112 Å². The van der Waals surface area contributed by atoms with Crippen LogP contribution < -0.4 is 25.7 Å². The van der Waals surface area contributed by atoms with Crippen molar-refractivity contribution in [2.75, 3.05) is 18.5 Å². The third-order valence-corrected chi connectivity index (χ3v) is 6.19. The van der Waals surface area contributed by atoms with E-state index in [9.17, 15) is 14.4 Å². The van der Waals surface area contributed by atoms with Crippen molar-refractivity contribution in [3.05, 3.63) is 58.1 Å². The van der Waals surface area contributed by atoms with Crippen molar-refractivity contribution in [2.24, 2.45) is 0 Å². The fourth-order valence-electron chi connectivity index (χ4n) is 4.36. The second kappa shape index (κ2) is 9.17. The molecular formula is C25H26N4O5. The molecule has 1 aromatic heterocycles. The SMILES string of the molecule is CC(NC(=O)C(=O)Nc1ccc2nc3n(c(=O)c2c1)CCCCC3)c1ccc2c(c1)OCCO2. The Morgan fingerprint density at radius 2 is 1.82 bits per heavy atom. The van der Waals surface area contributed by atoms with E-state index in [0.29, 0.717) is 47.8 Å². The molecule has 2 amide bonds. The Morgan fingerprint density at radius 1 is 1.00 bits per heavy atom. The molecule has 1 unspecified atom stereocenters. The summed E-state index contributed by atoms with van der Waals surface area (Å²) in [5.74, 6) is 0.484. The summed E-state index contributed by atoms with van der Waals surface area (Å²) in [6.45, 7) is 3.39. The molecule has 1 atom stereocenters. The molecule has 176 valence electrons. The molecule has 2 aliphatic heterocycles. The second-order valence-corrected chi connectivity index (χ2v) is 8.58. The monoisotopic (exact) mass is 462 g/mol. The van der Waals surface area contributed by atoms with Crippen LogP contribution in [0, 0.1) is 0 Å². The first-order valence-electron chi connectivity index (χ1n) is 11.5. The Labute approximate surface area is 196 Å². The summed E-state index contributed by atoms with van der Waals surface area (Å²) in [5.41, 5.74) is 1.63. The first kappa shape index (κ1) is 21.9. The first-order chi connectivity index (χ1) is 16.5. The van der Waals surface area contributed by atoms with Gasteiger partial charge in [0.25, 0.3) is 5.56 Å². The number of fused-ring (bicyclic) bond motifs is 3. The van der Waals surface area contributed by atoms with Crippen LogP contribution in [0.1, 0.15) is 43.6 Å². The molecule has 0 spiro atoms. The van der Waals surface area contributed by atoms with Crippen LogP contribution in [0.3, 0.4) is 0 Å². The number of aryl methyl sites for hydroxylation is 1. The maximum absolute atomic E-state index is 13.0. The van der Waals surface area contributed by atoms with Crippen molar-refractivity contribution < 1.29 is 19.1 Å². The van der Waals surface area contributed by atoms with E-state index in [4.69, 9.17) is 9.47 Å². The molecule has 3 aromatic rings. The van der Waals surface area contributed by atoms with Crippen LogP contribution in [0.5, 0.6) is 11.5 Å². The van der Waals surface area contributed by atoms with Crippen LogP contribution in [0.2, 0.25) is 0 Å². The smallest absolute Gasteiger partial charge is 0.313 e. The van der Waals surface area contributed by atoms with Gasteiger partial charge in [-0.3, -0.25) is 19.0 Å². The van der Waals surface area contributed by atoms with Gasteiger partial charge in [-0.25, -0.2) is 4.98 Å². The highest BCUT2D eigenvalue weighted by Crippen LogP contribution is 2.32. The molecule has 9 heteroatoms. The Hall–Kier alpha value is -3.88. The molecule has 2 N–H and O–H groups in total. The quantitative estimate of drug-likeness (QED) is 0.579. The minimum absolute atomic E-state index is 0.116. The van der Waals surface area contributed by atoms with Crippen molar-refractivity contribution in [3.63, 3.8) is 0 Å². The summed E-state index contributed by atoms with van der Waals surface area (Å²) in [5, 5.41) is 5.71. The van der Waals surface area contributed by atoms with Gasteiger partial charge in [0.15, 0.2) is 11.5 Å². The van der Waals surface area contributed by atoms with Gasteiger partial charge in [-0.2, -0.15) is 0 Å². The number of carbonyl (C=O) groups is 2. The van der Waals surface area contributed by atoms with Crippen LogP contribution >= 0.6 is 0 Å². The summed E-state index contributed by atoms with van der Waals surface area (Å²) in [4.78, 5) is 42.7. The Morgan fingerprint density at radius 3 is 2.68 bits per heavy atom. The molecule has 0 bridgehead atoms. The van der Waals surface area contributed by atoms with Crippen molar-refractivity contribution in [1.29, 1.82) is 0 Å². The number of rotatable bonds is 3. The Kier molecular flexibility index (Phi) is 5.91. The molecule has 2 aliphatic rings. The number of nitrogens with zero attached hydrogens (tertiary/aromatic N) is 2. The van der Waals surface area contributed by atoms with E-state index in [-0.39, 0.29) is 5.56 Å². The standard InChI is InChI=1S/C25H26N4O5/c1-15(16-6-9-20-21(13-16)34-12-11-33-20)26-23(30)24(31)27-17-7-8-19-18(14-17)25(32)29-10-4-2-3-5-22(29)28-19/h6-9,13-15H,2-5,10-12H2,1H3,(H,26,30)(H,27,31). The van der Waals surface area contributed by atoms with E-state index >= 15 is 0 Å². The Balaban J connectivity index is 1.29. The highest BCUT2D eigenvalue weighted by molar-refractivity contribution is 6.39. The third kappa shape index (κ3) is 4.33. The molecule has 0 fully saturated rings. The number of aromatic nitrogens is 2. The normalized spacial score (nSPS) is 15.7. The number of hydrogen-bond acceptors (Lipinski definition) is 6. The van der Waals surface area contributed by atoms with Gasteiger partial charge < -0.3 is 20.1 Å². The summed E-state index contributed by atoms with van der Waals surface area (Å²) in [6.07, 6.45) is 3.82. The summed E-state index contributed by atoms with van der Waals surface area (Å²) < 4.78 is 12.8. The number of benzene rings is 2. The average Bonchev–Trinajstić information content (AvgIpc) is 3.10. The zero-order valence-electron chi connectivity index (χ0n) is 18.9. The molecule has 5 rings (SSSR count). The molecule has 0 aliphatic carbocycles. The number of carbonyl (C=O) groups excluding carboxylic acids is 2. The summed E-state index contributed by atoms with van der Waals surface area (Å²) >= 11 is 0. The van der Waals surface area contributed by atoms with Crippen molar-refractivity contribution >= 4 is 28.4 Å². The molecule has 0 saturated carbocycles. The van der Waals surface area contributed by atoms with Gasteiger partial charge in [0.05, 0.1) is 16.9 Å². The van der Waals surface area contributed by atoms with Gasteiger partial charge in [0, 0.05) is 18.7 Å². The third-order valence-electron chi connectivity index (χ3n) is 6.19. The molecule has 34 heavy (non-hydrogen) atoms. The van der Waals surface area contributed by atoms with Gasteiger partial charge in [0.2, 0.25) is 0 Å². The highest BCUT2D eigenvalue weighted by Gasteiger charge is 2.20. The number of amides is 2. The first-order valence-corrected chi connectivity index (χ1v) is 11.5. The van der Waals surface area contributed by atoms with E-state index in [0.717, 1.165) is 37.1 Å². The van der Waals surface area contributed by atoms with Crippen molar-refractivity contribution in [1.82, 2.24) is 14.9 Å². The number of hydrogen-bond donors (Lipinski definition) is 2. The number of anilines is 1. The molecule has 2 aromatic carbocycles. The lowest BCUT2D eigenvalue weighted by Crippen LogP contribution is -2.37. The number of ether oxygens (including phenoxy) is 2. The van der Waals surface area contributed by atoms with Crippen LogP contribution in [0.25, 0.3) is 10.9 Å². The van der Waals surface area contributed by atoms with E-state index in [2.05, 4.69) is 15.6 Å². The van der Waals surface area contributed by atoms with E-state index in [1.54, 1.807) is 41.8 Å². The summed E-state index contributed by atoms with van der Waals surface area (Å²) in [6, 6.07) is 9.92. The van der Waals surface area contributed by atoms with Crippen LogP contribution in [0.4, 0.5) is 5.69 Å². The fraction of sp³-hybridized carbons (Fsp3) is 0.360. The van der Waals surface area contributed by atoms with Crippen molar-refractivity contribution in [3.8, 4) is 11.5 Å². The van der Waals surface area contributed by atoms with E-state index in [1.807, 2.05) is 6.07 Å². The van der Waals surface area contributed by atoms with Crippen molar-refractivity contribution in [2.45, 2.75) is 45.2 Å². The second-order valence-electron chi connectivity index (χ2n) is 8.58. The minimum Gasteiger partial charge on any atom is -0.486 e. The zero-order valence-corrected chi connectivity index (χ0v) is 18.9. The number of nitrogens with one attached hydrogen (secondary N) is 2. The summed E-state index contributed by atoms with van der Waals surface area (Å²) in [7, 11) is 0. The maximum atomic E-state index is 13.0. The highest BCUT2D eigenvalue weighted by atomic mass is 16.6. The van der Waals surface area contributed by atoms with Gasteiger partial charge in [-0.05, 0) is 55.7 Å². The fourth-order valence-corrected chi connectivity index (χ4v) is 4.36. The van der Waals surface area contributed by atoms with Crippen LogP contribution in [0.15, 0.2) is 41.2 Å². The lowest BCUT2D eigenvalue weighted by molar-refractivity contribution is -0.136. The minimum atomic E-state index is -0.813. The molecule has 9 nitrogen and oxygen atoms in total. The van der Waals surface area contributed by atoms with Gasteiger partial charge in [-0.15, -0.1) is 0 Å². The van der Waals surface area contributed by atoms with Gasteiger partial charge in [0.1, 0.15) is 19.0 Å². The molecule has 0 saturated heterocycles. The predicted molar refractivity (Wildman–Crippen MR) is 126 cm³/mol. The van der Waals surface area contributed by atoms with Gasteiger partial charge in [-0.1, -0.05) is 12.5 Å². The largest absolute Gasteiger partial charge is 0.486 e. The van der Waals surface area contributed by atoms with E-state index < -0.39 is 17.9 Å². The van der Waals surface area contributed by atoms with Crippen LogP contribution in [-0.4, -0.2) is 34.6 Å². The molecule has 0 radical (unpaired) electrons. The zero-order chi connectivity index (χ0) is 23.7. The van der Waals surface area contributed by atoms with Crippen LogP contribution in [-0.2, 0) is 22.6 Å². The lowest BCUT2D eigenvalue weighted by Gasteiger charge is -2.21.